The average Bonchev–Trinajstić information content (AvgIpc) is 3.00. The number of sulfone groups is 1. The molecule has 0 aliphatic heterocycles. The van der Waals surface area contributed by atoms with Crippen LogP contribution < -0.4 is 0 Å². The van der Waals surface area contributed by atoms with Crippen molar-refractivity contribution in [1.82, 2.24) is 5.16 Å². The van der Waals surface area contributed by atoms with Gasteiger partial charge in [0.25, 0.3) is 0 Å². The van der Waals surface area contributed by atoms with Gasteiger partial charge in [0, 0.05) is 11.8 Å². The number of aliphatic hydroxyl groups is 1. The van der Waals surface area contributed by atoms with Crippen LogP contribution in [0.15, 0.2) is 45.8 Å². The maximum atomic E-state index is 14.3. The number of benzene rings is 2. The SMILES string of the molecule is Cc1cc(-c2noc(CO)c2-c2ccc(S(C)(=O)=O)c(F)c2)ccc1F. The summed E-state index contributed by atoms with van der Waals surface area (Å²) in [7, 11) is -3.71. The number of aryl methyl sites for hydroxylation is 1. The van der Waals surface area contributed by atoms with E-state index in [4.69, 9.17) is 4.52 Å². The van der Waals surface area contributed by atoms with Crippen LogP contribution in [0.4, 0.5) is 8.78 Å². The van der Waals surface area contributed by atoms with E-state index in [1.165, 1.54) is 18.2 Å². The minimum Gasteiger partial charge on any atom is -0.388 e. The number of nitrogens with zero attached hydrogens (tertiary/aromatic N) is 1. The molecule has 3 rings (SSSR count). The summed E-state index contributed by atoms with van der Waals surface area (Å²) < 4.78 is 56.1. The molecule has 5 nitrogen and oxygen atoms in total. The van der Waals surface area contributed by atoms with E-state index in [2.05, 4.69) is 5.16 Å². The molecule has 136 valence electrons. The van der Waals surface area contributed by atoms with Crippen molar-refractivity contribution in [2.75, 3.05) is 6.26 Å². The van der Waals surface area contributed by atoms with Crippen molar-refractivity contribution in [2.45, 2.75) is 18.4 Å². The van der Waals surface area contributed by atoms with E-state index in [0.717, 1.165) is 18.4 Å². The lowest BCUT2D eigenvalue weighted by molar-refractivity contribution is 0.230. The standard InChI is InChI=1S/C18H15F2NO4S/c1-10-7-12(3-5-13(10)19)18-17(15(9-22)25-21-18)11-4-6-16(14(20)8-11)26(2,23)24/h3-8,22H,9H2,1-2H3. The van der Waals surface area contributed by atoms with Gasteiger partial charge in [-0.1, -0.05) is 11.2 Å². The molecule has 0 saturated heterocycles. The van der Waals surface area contributed by atoms with Crippen LogP contribution in [0.1, 0.15) is 11.3 Å². The first-order chi connectivity index (χ1) is 12.2. The third kappa shape index (κ3) is 3.25. The van der Waals surface area contributed by atoms with Crippen molar-refractivity contribution < 1.29 is 26.8 Å². The minimum absolute atomic E-state index is 0.0912. The molecule has 2 aromatic carbocycles. The zero-order valence-electron chi connectivity index (χ0n) is 14.0. The fraction of sp³-hybridized carbons (Fsp3) is 0.167. The molecule has 26 heavy (non-hydrogen) atoms. The molecular formula is C18H15F2NO4S. The summed E-state index contributed by atoms with van der Waals surface area (Å²) in [6, 6.07) is 7.92. The van der Waals surface area contributed by atoms with Crippen LogP contribution in [0.3, 0.4) is 0 Å². The minimum atomic E-state index is -3.71. The van der Waals surface area contributed by atoms with E-state index >= 15 is 0 Å². The summed E-state index contributed by atoms with van der Waals surface area (Å²) in [6.45, 7) is 1.10. The Labute approximate surface area is 148 Å². The second-order valence-corrected chi connectivity index (χ2v) is 7.85. The zero-order valence-corrected chi connectivity index (χ0v) is 14.8. The van der Waals surface area contributed by atoms with Crippen LogP contribution in [0.2, 0.25) is 0 Å². The van der Waals surface area contributed by atoms with Gasteiger partial charge in [0.15, 0.2) is 15.6 Å². The molecule has 1 N–H and O–H groups in total. The van der Waals surface area contributed by atoms with Crippen molar-refractivity contribution in [2.24, 2.45) is 0 Å². The van der Waals surface area contributed by atoms with E-state index in [0.29, 0.717) is 22.4 Å². The van der Waals surface area contributed by atoms with Crippen LogP contribution >= 0.6 is 0 Å². The van der Waals surface area contributed by atoms with Crippen molar-refractivity contribution in [3.63, 3.8) is 0 Å². The molecule has 0 unspecified atom stereocenters. The molecule has 8 heteroatoms. The van der Waals surface area contributed by atoms with Crippen molar-refractivity contribution in [3.8, 4) is 22.4 Å². The number of halogens is 2. The summed E-state index contributed by atoms with van der Waals surface area (Å²) in [5, 5.41) is 13.4. The van der Waals surface area contributed by atoms with Crippen molar-refractivity contribution in [3.05, 3.63) is 59.4 Å². The highest BCUT2D eigenvalue weighted by Gasteiger charge is 2.22. The normalized spacial score (nSPS) is 11.7. The lowest BCUT2D eigenvalue weighted by atomic mass is 9.98. The number of rotatable bonds is 4. The summed E-state index contributed by atoms with van der Waals surface area (Å²) in [4.78, 5) is -0.428. The molecule has 0 fully saturated rings. The summed E-state index contributed by atoms with van der Waals surface area (Å²) >= 11 is 0. The molecular weight excluding hydrogens is 364 g/mol. The lowest BCUT2D eigenvalue weighted by Crippen LogP contribution is -2.01. The van der Waals surface area contributed by atoms with Gasteiger partial charge < -0.3 is 9.63 Å². The number of hydrogen-bond donors (Lipinski definition) is 1. The van der Waals surface area contributed by atoms with E-state index in [1.54, 1.807) is 13.0 Å². The Hall–Kier alpha value is -2.58. The largest absolute Gasteiger partial charge is 0.388 e. The molecule has 1 aromatic heterocycles. The van der Waals surface area contributed by atoms with Gasteiger partial charge in [-0.15, -0.1) is 0 Å². The summed E-state index contributed by atoms with van der Waals surface area (Å²) in [5.41, 5.74) is 1.81. The second kappa shape index (κ2) is 6.62. The first-order valence-electron chi connectivity index (χ1n) is 7.58. The maximum absolute atomic E-state index is 14.3. The second-order valence-electron chi connectivity index (χ2n) is 5.87. The van der Waals surface area contributed by atoms with Gasteiger partial charge >= 0.3 is 0 Å². The molecule has 1 heterocycles. The fourth-order valence-electron chi connectivity index (χ4n) is 2.68. The van der Waals surface area contributed by atoms with Gasteiger partial charge in [0.1, 0.15) is 28.8 Å². The average molecular weight is 379 g/mol. The molecule has 0 radical (unpaired) electrons. The third-order valence-electron chi connectivity index (χ3n) is 3.96. The van der Waals surface area contributed by atoms with E-state index in [1.807, 2.05) is 0 Å². The molecule has 0 amide bonds. The van der Waals surface area contributed by atoms with Crippen molar-refractivity contribution >= 4 is 9.84 Å². The molecule has 0 spiro atoms. The Balaban J connectivity index is 2.20. The van der Waals surface area contributed by atoms with E-state index in [9.17, 15) is 22.3 Å². The number of aliphatic hydroxyl groups excluding tert-OH is 1. The Bertz CT molecular complexity index is 1090. The third-order valence-corrected chi connectivity index (χ3v) is 5.09. The molecule has 0 bridgehead atoms. The maximum Gasteiger partial charge on any atom is 0.178 e. The molecule has 0 aliphatic carbocycles. The highest BCUT2D eigenvalue weighted by atomic mass is 32.2. The molecule has 0 saturated carbocycles. The van der Waals surface area contributed by atoms with Crippen molar-refractivity contribution in [1.29, 1.82) is 0 Å². The van der Waals surface area contributed by atoms with Crippen LogP contribution in [0.5, 0.6) is 0 Å². The monoisotopic (exact) mass is 379 g/mol. The van der Waals surface area contributed by atoms with Gasteiger partial charge in [-0.2, -0.15) is 0 Å². The van der Waals surface area contributed by atoms with Gasteiger partial charge in [-0.05, 0) is 48.4 Å². The van der Waals surface area contributed by atoms with E-state index < -0.39 is 27.2 Å². The number of aromatic nitrogens is 1. The van der Waals surface area contributed by atoms with Crippen LogP contribution in [0.25, 0.3) is 22.4 Å². The van der Waals surface area contributed by atoms with E-state index in [-0.39, 0.29) is 17.1 Å². The Morgan fingerprint density at radius 1 is 1.08 bits per heavy atom. The van der Waals surface area contributed by atoms with Crippen LogP contribution in [-0.4, -0.2) is 24.9 Å². The van der Waals surface area contributed by atoms with Gasteiger partial charge in [-0.3, -0.25) is 0 Å². The number of hydrogen-bond acceptors (Lipinski definition) is 5. The van der Waals surface area contributed by atoms with Crippen LogP contribution in [-0.2, 0) is 16.4 Å². The highest BCUT2D eigenvalue weighted by molar-refractivity contribution is 7.90. The summed E-state index contributed by atoms with van der Waals surface area (Å²) in [6.07, 6.45) is 0.913. The molecule has 0 aliphatic rings. The highest BCUT2D eigenvalue weighted by Crippen LogP contribution is 2.36. The predicted octanol–water partition coefficient (Wildman–Crippen LogP) is 3.49. The van der Waals surface area contributed by atoms with Gasteiger partial charge in [0.2, 0.25) is 0 Å². The zero-order chi connectivity index (χ0) is 19.1. The van der Waals surface area contributed by atoms with Crippen LogP contribution in [0, 0.1) is 18.6 Å². The Morgan fingerprint density at radius 2 is 1.77 bits per heavy atom. The van der Waals surface area contributed by atoms with Gasteiger partial charge in [0.05, 0.1) is 5.56 Å². The fourth-order valence-corrected chi connectivity index (χ4v) is 3.40. The topological polar surface area (TPSA) is 80.4 Å². The quantitative estimate of drug-likeness (QED) is 0.751. The Morgan fingerprint density at radius 3 is 2.35 bits per heavy atom. The predicted molar refractivity (Wildman–Crippen MR) is 91.1 cm³/mol. The molecule has 0 atom stereocenters. The smallest absolute Gasteiger partial charge is 0.178 e. The molecule has 3 aromatic rings. The lowest BCUT2D eigenvalue weighted by Gasteiger charge is -2.07. The Kier molecular flexibility index (Phi) is 4.64. The van der Waals surface area contributed by atoms with Gasteiger partial charge in [-0.25, -0.2) is 17.2 Å². The summed E-state index contributed by atoms with van der Waals surface area (Å²) in [5.74, 6) is -1.21. The first-order valence-corrected chi connectivity index (χ1v) is 9.47. The first kappa shape index (κ1) is 18.2.